The average Bonchev–Trinajstić information content (AvgIpc) is 2.49. The fourth-order valence-corrected chi connectivity index (χ4v) is 1.52. The summed E-state index contributed by atoms with van der Waals surface area (Å²) in [5, 5.41) is 0.128. The lowest BCUT2D eigenvalue weighted by atomic mass is 10.1. The summed E-state index contributed by atoms with van der Waals surface area (Å²) in [5.74, 6) is -0.394. The molecule has 1 aromatic carbocycles. The summed E-state index contributed by atoms with van der Waals surface area (Å²) in [6.07, 6.45) is -3.64. The van der Waals surface area contributed by atoms with Crippen LogP contribution < -0.4 is 9.47 Å². The second kappa shape index (κ2) is 3.44. The quantitative estimate of drug-likeness (QED) is 0.616. The normalized spacial score (nSPS) is 16.5. The zero-order valence-electron chi connectivity index (χ0n) is 7.30. The molecule has 15 heavy (non-hydrogen) atoms. The van der Waals surface area contributed by atoms with Gasteiger partial charge in [-0.3, -0.25) is 4.79 Å². The van der Waals surface area contributed by atoms with Crippen LogP contribution >= 0.6 is 15.9 Å². The molecule has 0 saturated carbocycles. The summed E-state index contributed by atoms with van der Waals surface area (Å²) in [5.41, 5.74) is 0.298. The lowest BCUT2D eigenvalue weighted by Crippen LogP contribution is -2.25. The van der Waals surface area contributed by atoms with Gasteiger partial charge in [0.05, 0.1) is 5.33 Å². The largest absolute Gasteiger partial charge is 0.586 e. The molecular weight excluding hydrogens is 274 g/mol. The molecule has 0 spiro atoms. The molecule has 0 saturated heterocycles. The molecule has 80 valence electrons. The smallest absolute Gasteiger partial charge is 0.395 e. The number of hydrogen-bond donors (Lipinski definition) is 0. The first kappa shape index (κ1) is 10.4. The van der Waals surface area contributed by atoms with Gasteiger partial charge in [0.25, 0.3) is 0 Å². The van der Waals surface area contributed by atoms with Gasteiger partial charge in [-0.25, -0.2) is 0 Å². The number of ether oxygens (including phenoxy) is 2. The predicted molar refractivity (Wildman–Crippen MR) is 50.8 cm³/mol. The third-order valence-electron chi connectivity index (χ3n) is 1.84. The van der Waals surface area contributed by atoms with Crippen LogP contribution in [0.4, 0.5) is 8.78 Å². The Balaban J connectivity index is 2.34. The molecule has 1 aliphatic heterocycles. The number of carbonyl (C=O) groups excluding carboxylic acids is 1. The number of fused-ring (bicyclic) bond motifs is 1. The molecule has 3 nitrogen and oxygen atoms in total. The molecule has 1 heterocycles. The topological polar surface area (TPSA) is 35.5 Å². The summed E-state index contributed by atoms with van der Waals surface area (Å²) in [6, 6.07) is 3.93. The number of rotatable bonds is 2. The van der Waals surface area contributed by atoms with Crippen molar-refractivity contribution in [3.8, 4) is 11.5 Å². The number of alkyl halides is 3. The van der Waals surface area contributed by atoms with Crippen molar-refractivity contribution < 1.29 is 23.0 Å². The summed E-state index contributed by atoms with van der Waals surface area (Å²) >= 11 is 2.98. The highest BCUT2D eigenvalue weighted by atomic mass is 79.9. The maximum atomic E-state index is 12.6. The van der Waals surface area contributed by atoms with Crippen molar-refractivity contribution in [1.29, 1.82) is 0 Å². The van der Waals surface area contributed by atoms with Gasteiger partial charge in [0.15, 0.2) is 17.3 Å². The van der Waals surface area contributed by atoms with E-state index in [0.29, 0.717) is 5.56 Å². The zero-order chi connectivity index (χ0) is 11.1. The number of halogens is 3. The standard InChI is InChI=1S/C9H5BrF2O3/c10-4-6(13)5-1-2-7-8(3-5)15-9(11,12)14-7/h1-3H,4H2. The van der Waals surface area contributed by atoms with Gasteiger partial charge in [-0.05, 0) is 18.2 Å². The lowest BCUT2D eigenvalue weighted by molar-refractivity contribution is -0.286. The Hall–Kier alpha value is -1.17. The Kier molecular flexibility index (Phi) is 2.38. The summed E-state index contributed by atoms with van der Waals surface area (Å²) < 4.78 is 33.6. The van der Waals surface area contributed by atoms with Crippen molar-refractivity contribution in [2.24, 2.45) is 0 Å². The molecule has 0 atom stereocenters. The van der Waals surface area contributed by atoms with Crippen LogP contribution in [0.25, 0.3) is 0 Å². The second-order valence-electron chi connectivity index (χ2n) is 2.89. The molecule has 1 aliphatic rings. The minimum Gasteiger partial charge on any atom is -0.395 e. The van der Waals surface area contributed by atoms with Crippen molar-refractivity contribution in [3.05, 3.63) is 23.8 Å². The van der Waals surface area contributed by atoms with Gasteiger partial charge in [-0.2, -0.15) is 0 Å². The Morgan fingerprint density at radius 3 is 2.67 bits per heavy atom. The molecule has 0 radical (unpaired) electrons. The fraction of sp³-hybridized carbons (Fsp3) is 0.222. The first-order chi connectivity index (χ1) is 7.02. The van der Waals surface area contributed by atoms with E-state index >= 15 is 0 Å². The lowest BCUT2D eigenvalue weighted by Gasteiger charge is -2.04. The third-order valence-corrected chi connectivity index (χ3v) is 2.35. The maximum absolute atomic E-state index is 12.6. The second-order valence-corrected chi connectivity index (χ2v) is 3.45. The van der Waals surface area contributed by atoms with E-state index in [4.69, 9.17) is 0 Å². The molecule has 0 aromatic heterocycles. The third kappa shape index (κ3) is 1.94. The van der Waals surface area contributed by atoms with Gasteiger partial charge in [-0.15, -0.1) is 8.78 Å². The first-order valence-corrected chi connectivity index (χ1v) is 5.13. The van der Waals surface area contributed by atoms with Crippen LogP contribution in [0.15, 0.2) is 18.2 Å². The van der Waals surface area contributed by atoms with Crippen LogP contribution in [0, 0.1) is 0 Å². The van der Waals surface area contributed by atoms with E-state index in [1.54, 1.807) is 0 Å². The van der Waals surface area contributed by atoms with E-state index in [0.717, 1.165) is 0 Å². The Bertz CT molecular complexity index is 420. The highest BCUT2D eigenvalue weighted by molar-refractivity contribution is 9.09. The minimum atomic E-state index is -3.64. The average molecular weight is 279 g/mol. The molecule has 0 N–H and O–H groups in total. The Morgan fingerprint density at radius 1 is 1.33 bits per heavy atom. The monoisotopic (exact) mass is 278 g/mol. The molecule has 6 heteroatoms. The fourth-order valence-electron chi connectivity index (χ4n) is 1.20. The van der Waals surface area contributed by atoms with Crippen LogP contribution in [0.2, 0.25) is 0 Å². The molecule has 0 amide bonds. The Labute approximate surface area is 92.1 Å². The van der Waals surface area contributed by atoms with E-state index in [1.165, 1.54) is 18.2 Å². The van der Waals surface area contributed by atoms with Crippen LogP contribution in [-0.2, 0) is 0 Å². The highest BCUT2D eigenvalue weighted by Crippen LogP contribution is 2.41. The zero-order valence-corrected chi connectivity index (χ0v) is 8.88. The maximum Gasteiger partial charge on any atom is 0.586 e. The molecule has 0 fully saturated rings. The van der Waals surface area contributed by atoms with Crippen LogP contribution in [0.5, 0.6) is 11.5 Å². The molecule has 1 aromatic rings. The minimum absolute atomic E-state index is 0.0638. The van der Waals surface area contributed by atoms with E-state index in [9.17, 15) is 13.6 Å². The van der Waals surface area contributed by atoms with E-state index in [-0.39, 0.29) is 22.6 Å². The molecule has 0 unspecified atom stereocenters. The number of hydrogen-bond acceptors (Lipinski definition) is 3. The SMILES string of the molecule is O=C(CBr)c1ccc2c(c1)OC(F)(F)O2. The number of benzene rings is 1. The van der Waals surface area contributed by atoms with E-state index in [2.05, 4.69) is 25.4 Å². The summed E-state index contributed by atoms with van der Waals surface area (Å²) in [4.78, 5) is 11.2. The Morgan fingerprint density at radius 2 is 2.00 bits per heavy atom. The molecule has 0 aliphatic carbocycles. The van der Waals surface area contributed by atoms with Gasteiger partial charge >= 0.3 is 6.29 Å². The van der Waals surface area contributed by atoms with Gasteiger partial charge < -0.3 is 9.47 Å². The van der Waals surface area contributed by atoms with Crippen molar-refractivity contribution in [2.75, 3.05) is 5.33 Å². The molecule has 0 bridgehead atoms. The predicted octanol–water partition coefficient (Wildman–Crippen LogP) is 2.59. The van der Waals surface area contributed by atoms with Crippen molar-refractivity contribution in [1.82, 2.24) is 0 Å². The highest BCUT2D eigenvalue weighted by Gasteiger charge is 2.43. The van der Waals surface area contributed by atoms with Crippen molar-refractivity contribution >= 4 is 21.7 Å². The van der Waals surface area contributed by atoms with E-state index in [1.807, 2.05) is 0 Å². The number of ketones is 1. The van der Waals surface area contributed by atoms with Crippen LogP contribution in [-0.4, -0.2) is 17.4 Å². The first-order valence-electron chi connectivity index (χ1n) is 4.01. The van der Waals surface area contributed by atoms with Gasteiger partial charge in [0.1, 0.15) is 0 Å². The van der Waals surface area contributed by atoms with Crippen LogP contribution in [0.3, 0.4) is 0 Å². The van der Waals surface area contributed by atoms with Gasteiger partial charge in [0.2, 0.25) is 0 Å². The van der Waals surface area contributed by atoms with E-state index < -0.39 is 6.29 Å². The number of Topliss-reactive ketones (excluding diaryl/α,β-unsaturated/α-hetero) is 1. The summed E-state index contributed by atoms with van der Waals surface area (Å²) in [7, 11) is 0. The van der Waals surface area contributed by atoms with Crippen molar-refractivity contribution in [2.45, 2.75) is 6.29 Å². The van der Waals surface area contributed by atoms with Gasteiger partial charge in [-0.1, -0.05) is 15.9 Å². The number of carbonyl (C=O) groups is 1. The van der Waals surface area contributed by atoms with Gasteiger partial charge in [0, 0.05) is 5.56 Å². The van der Waals surface area contributed by atoms with Crippen LogP contribution in [0.1, 0.15) is 10.4 Å². The van der Waals surface area contributed by atoms with Crippen molar-refractivity contribution in [3.63, 3.8) is 0 Å². The molecular formula is C9H5BrF2O3. The molecule has 2 rings (SSSR count). The summed E-state index contributed by atoms with van der Waals surface area (Å²) in [6.45, 7) is 0.